The Hall–Kier alpha value is -2.20. The first kappa shape index (κ1) is 13.2. The minimum atomic E-state index is -0.560. The van der Waals surface area contributed by atoms with Crippen molar-refractivity contribution in [2.45, 2.75) is 6.54 Å². The molecule has 0 heterocycles. The first-order valence-corrected chi connectivity index (χ1v) is 5.82. The van der Waals surface area contributed by atoms with Gasteiger partial charge in [0, 0.05) is 6.54 Å². The average molecular weight is 259 g/mol. The molecule has 0 aliphatic carbocycles. The third kappa shape index (κ3) is 2.98. The second kappa shape index (κ2) is 5.63. The smallest absolute Gasteiger partial charge is 0.337 e. The number of ether oxygens (including phenoxy) is 1. The molecule has 0 saturated carbocycles. The second-order valence-electron chi connectivity index (χ2n) is 4.12. The zero-order chi connectivity index (χ0) is 13.8. The van der Waals surface area contributed by atoms with Crippen molar-refractivity contribution < 1.29 is 13.9 Å². The predicted octanol–water partition coefficient (Wildman–Crippen LogP) is 2.74. The Kier molecular flexibility index (Phi) is 3.92. The van der Waals surface area contributed by atoms with Crippen molar-refractivity contribution in [2.24, 2.45) is 5.73 Å². The highest BCUT2D eigenvalue weighted by Crippen LogP contribution is 2.23. The maximum absolute atomic E-state index is 13.6. The highest BCUT2D eigenvalue weighted by Gasteiger charge is 2.10. The van der Waals surface area contributed by atoms with Crippen LogP contribution in [0.4, 0.5) is 4.39 Å². The number of methoxy groups -OCH3 is 1. The third-order valence-corrected chi connectivity index (χ3v) is 2.81. The van der Waals surface area contributed by atoms with Gasteiger partial charge in [-0.15, -0.1) is 0 Å². The monoisotopic (exact) mass is 259 g/mol. The Labute approximate surface area is 110 Å². The summed E-state index contributed by atoms with van der Waals surface area (Å²) in [5.74, 6) is -1.04. The third-order valence-electron chi connectivity index (χ3n) is 2.81. The molecule has 2 aromatic rings. The second-order valence-corrected chi connectivity index (χ2v) is 4.12. The van der Waals surface area contributed by atoms with Gasteiger partial charge in [0.2, 0.25) is 0 Å². The van der Waals surface area contributed by atoms with E-state index >= 15 is 0 Å². The standard InChI is InChI=1S/C15H14FNO2/c1-19-15(18)13-6-12(7-14(16)8-13)11-4-2-3-10(5-11)9-17/h2-8H,9,17H2,1H3. The van der Waals surface area contributed by atoms with E-state index in [1.54, 1.807) is 6.07 Å². The Morgan fingerprint density at radius 2 is 2.00 bits per heavy atom. The van der Waals surface area contributed by atoms with Crippen LogP contribution in [0.2, 0.25) is 0 Å². The van der Waals surface area contributed by atoms with Gasteiger partial charge in [-0.25, -0.2) is 9.18 Å². The minimum Gasteiger partial charge on any atom is -0.465 e. The Morgan fingerprint density at radius 3 is 2.68 bits per heavy atom. The normalized spacial score (nSPS) is 10.3. The van der Waals surface area contributed by atoms with Crippen LogP contribution >= 0.6 is 0 Å². The van der Waals surface area contributed by atoms with Crippen molar-refractivity contribution in [2.75, 3.05) is 7.11 Å². The molecule has 0 aromatic heterocycles. The van der Waals surface area contributed by atoms with Gasteiger partial charge in [-0.05, 0) is 41.0 Å². The first-order valence-electron chi connectivity index (χ1n) is 5.82. The number of hydrogen-bond donors (Lipinski definition) is 1. The van der Waals surface area contributed by atoms with E-state index in [0.717, 1.165) is 17.2 Å². The van der Waals surface area contributed by atoms with Crippen LogP contribution in [0.1, 0.15) is 15.9 Å². The molecule has 4 heteroatoms. The summed E-state index contributed by atoms with van der Waals surface area (Å²) in [6, 6.07) is 11.6. The lowest BCUT2D eigenvalue weighted by Crippen LogP contribution is -2.02. The van der Waals surface area contributed by atoms with Crippen LogP contribution in [0, 0.1) is 5.82 Å². The highest BCUT2D eigenvalue weighted by atomic mass is 19.1. The van der Waals surface area contributed by atoms with Crippen LogP contribution in [0.3, 0.4) is 0 Å². The van der Waals surface area contributed by atoms with Gasteiger partial charge in [-0.2, -0.15) is 0 Å². The van der Waals surface area contributed by atoms with E-state index in [4.69, 9.17) is 5.73 Å². The van der Waals surface area contributed by atoms with Crippen molar-refractivity contribution in [1.82, 2.24) is 0 Å². The van der Waals surface area contributed by atoms with Gasteiger partial charge in [0.15, 0.2) is 0 Å². The van der Waals surface area contributed by atoms with Crippen LogP contribution in [0.25, 0.3) is 11.1 Å². The van der Waals surface area contributed by atoms with Gasteiger partial charge >= 0.3 is 5.97 Å². The van der Waals surface area contributed by atoms with Crippen LogP contribution in [-0.4, -0.2) is 13.1 Å². The Balaban J connectivity index is 2.49. The Bertz CT molecular complexity index is 611. The topological polar surface area (TPSA) is 52.3 Å². The molecular formula is C15H14FNO2. The van der Waals surface area contributed by atoms with Gasteiger partial charge in [0.25, 0.3) is 0 Å². The van der Waals surface area contributed by atoms with Crippen molar-refractivity contribution in [3.8, 4) is 11.1 Å². The molecule has 19 heavy (non-hydrogen) atoms. The van der Waals surface area contributed by atoms with Crippen LogP contribution in [-0.2, 0) is 11.3 Å². The van der Waals surface area contributed by atoms with Gasteiger partial charge in [0.05, 0.1) is 12.7 Å². The fourth-order valence-electron chi connectivity index (χ4n) is 1.87. The van der Waals surface area contributed by atoms with Crippen molar-refractivity contribution in [1.29, 1.82) is 0 Å². The summed E-state index contributed by atoms with van der Waals surface area (Å²) in [6.45, 7) is 0.410. The van der Waals surface area contributed by atoms with Crippen molar-refractivity contribution in [3.05, 3.63) is 59.4 Å². The number of nitrogens with two attached hydrogens (primary N) is 1. The molecule has 0 saturated heterocycles. The fourth-order valence-corrected chi connectivity index (χ4v) is 1.87. The average Bonchev–Trinajstić information content (AvgIpc) is 2.45. The largest absolute Gasteiger partial charge is 0.465 e. The van der Waals surface area contributed by atoms with Gasteiger partial charge < -0.3 is 10.5 Å². The number of carbonyl (C=O) groups is 1. The summed E-state index contributed by atoms with van der Waals surface area (Å²) in [5.41, 5.74) is 8.15. The van der Waals surface area contributed by atoms with Crippen LogP contribution in [0.5, 0.6) is 0 Å². The molecule has 0 unspecified atom stereocenters. The van der Waals surface area contributed by atoms with E-state index in [9.17, 15) is 9.18 Å². The van der Waals surface area contributed by atoms with E-state index in [2.05, 4.69) is 4.74 Å². The van der Waals surface area contributed by atoms with Crippen LogP contribution in [0.15, 0.2) is 42.5 Å². The van der Waals surface area contributed by atoms with Crippen LogP contribution < -0.4 is 5.73 Å². The van der Waals surface area contributed by atoms with Gasteiger partial charge in [-0.1, -0.05) is 18.2 Å². The molecule has 0 aliphatic rings. The molecular weight excluding hydrogens is 245 g/mol. The molecule has 2 N–H and O–H groups in total. The molecule has 0 atom stereocenters. The van der Waals surface area contributed by atoms with Gasteiger partial charge in [-0.3, -0.25) is 0 Å². The molecule has 98 valence electrons. The summed E-state index contributed by atoms with van der Waals surface area (Å²) in [5, 5.41) is 0. The lowest BCUT2D eigenvalue weighted by molar-refractivity contribution is 0.0600. The van der Waals surface area contributed by atoms with E-state index < -0.39 is 11.8 Å². The summed E-state index contributed by atoms with van der Waals surface area (Å²) < 4.78 is 18.2. The van der Waals surface area contributed by atoms with E-state index in [1.165, 1.54) is 13.2 Å². The molecule has 0 fully saturated rings. The SMILES string of the molecule is COC(=O)c1cc(F)cc(-c2cccc(CN)c2)c1. The zero-order valence-corrected chi connectivity index (χ0v) is 10.5. The fraction of sp³-hybridized carbons (Fsp3) is 0.133. The quantitative estimate of drug-likeness (QED) is 0.862. The molecule has 3 nitrogen and oxygen atoms in total. The number of halogens is 1. The predicted molar refractivity (Wildman–Crippen MR) is 71.1 cm³/mol. The maximum Gasteiger partial charge on any atom is 0.337 e. The molecule has 0 radical (unpaired) electrons. The first-order chi connectivity index (χ1) is 9.13. The maximum atomic E-state index is 13.6. The summed E-state index contributed by atoms with van der Waals surface area (Å²) in [7, 11) is 1.27. The molecule has 0 bridgehead atoms. The molecule has 2 rings (SSSR count). The molecule has 0 aliphatic heterocycles. The summed E-state index contributed by atoms with van der Waals surface area (Å²) in [4.78, 5) is 11.5. The van der Waals surface area contributed by atoms with Gasteiger partial charge in [0.1, 0.15) is 5.82 Å². The molecule has 0 amide bonds. The highest BCUT2D eigenvalue weighted by molar-refractivity contribution is 5.91. The van der Waals surface area contributed by atoms with E-state index in [0.29, 0.717) is 12.1 Å². The number of esters is 1. The zero-order valence-electron chi connectivity index (χ0n) is 10.5. The van der Waals surface area contributed by atoms with Crippen molar-refractivity contribution in [3.63, 3.8) is 0 Å². The Morgan fingerprint density at radius 1 is 1.21 bits per heavy atom. The lowest BCUT2D eigenvalue weighted by Gasteiger charge is -2.07. The summed E-state index contributed by atoms with van der Waals surface area (Å²) in [6.07, 6.45) is 0. The number of hydrogen-bond acceptors (Lipinski definition) is 3. The van der Waals surface area contributed by atoms with Crippen molar-refractivity contribution >= 4 is 5.97 Å². The number of benzene rings is 2. The minimum absolute atomic E-state index is 0.190. The van der Waals surface area contributed by atoms with E-state index in [-0.39, 0.29) is 5.56 Å². The molecule has 0 spiro atoms. The molecule has 2 aromatic carbocycles. The summed E-state index contributed by atoms with van der Waals surface area (Å²) >= 11 is 0. The number of carbonyl (C=O) groups excluding carboxylic acids is 1. The van der Waals surface area contributed by atoms with E-state index in [1.807, 2.05) is 24.3 Å². The lowest BCUT2D eigenvalue weighted by atomic mass is 10.0. The number of rotatable bonds is 3.